The summed E-state index contributed by atoms with van der Waals surface area (Å²) >= 11 is 0. The lowest BCUT2D eigenvalue weighted by atomic mass is 9.79. The maximum Gasteiger partial charge on any atom is 0.242 e. The van der Waals surface area contributed by atoms with Gasteiger partial charge in [-0.3, -0.25) is 4.90 Å². The second-order valence-electron chi connectivity index (χ2n) is 7.03. The van der Waals surface area contributed by atoms with Crippen LogP contribution >= 0.6 is 12.4 Å². The molecule has 5 nitrogen and oxygen atoms in total. The lowest BCUT2D eigenvalue weighted by Crippen LogP contribution is -2.52. The van der Waals surface area contributed by atoms with Gasteiger partial charge in [0.25, 0.3) is 0 Å². The highest BCUT2D eigenvalue weighted by atomic mass is 35.5. The summed E-state index contributed by atoms with van der Waals surface area (Å²) in [5, 5.41) is 0. The van der Waals surface area contributed by atoms with Gasteiger partial charge in [-0.1, -0.05) is 26.0 Å². The Bertz CT molecular complexity index is 632. The van der Waals surface area contributed by atoms with Crippen LogP contribution in [0.25, 0.3) is 0 Å². The third-order valence-electron chi connectivity index (χ3n) is 4.47. The van der Waals surface area contributed by atoms with E-state index in [1.54, 1.807) is 26.2 Å². The molecule has 132 valence electrons. The van der Waals surface area contributed by atoms with Crippen LogP contribution in [0.2, 0.25) is 0 Å². The van der Waals surface area contributed by atoms with Crippen LogP contribution in [0.15, 0.2) is 29.2 Å². The van der Waals surface area contributed by atoms with E-state index < -0.39 is 10.0 Å². The summed E-state index contributed by atoms with van der Waals surface area (Å²) in [5.74, 6) is 0. The second-order valence-corrected chi connectivity index (χ2v) is 9.18. The largest absolute Gasteiger partial charge is 0.327 e. The molecule has 2 rings (SSSR count). The van der Waals surface area contributed by atoms with Crippen LogP contribution in [0.4, 0.5) is 0 Å². The number of nitrogens with zero attached hydrogens (tertiary/aromatic N) is 2. The van der Waals surface area contributed by atoms with Crippen molar-refractivity contribution in [1.29, 1.82) is 0 Å². The molecule has 1 aromatic carbocycles. The fraction of sp³-hybridized carbons (Fsp3) is 0.625. The van der Waals surface area contributed by atoms with E-state index in [9.17, 15) is 8.42 Å². The van der Waals surface area contributed by atoms with Crippen molar-refractivity contribution in [1.82, 2.24) is 9.21 Å². The third-order valence-corrected chi connectivity index (χ3v) is 6.29. The number of likely N-dealkylation sites (tertiary alicyclic amines) is 1. The number of piperidine rings is 1. The van der Waals surface area contributed by atoms with Crippen molar-refractivity contribution in [2.45, 2.75) is 37.8 Å². The first-order chi connectivity index (χ1) is 10.1. The minimum Gasteiger partial charge on any atom is -0.327 e. The molecule has 23 heavy (non-hydrogen) atoms. The summed E-state index contributed by atoms with van der Waals surface area (Å²) < 4.78 is 25.7. The van der Waals surface area contributed by atoms with Crippen LogP contribution in [-0.4, -0.2) is 50.8 Å². The van der Waals surface area contributed by atoms with Gasteiger partial charge < -0.3 is 5.73 Å². The first-order valence-electron chi connectivity index (χ1n) is 7.62. The highest BCUT2D eigenvalue weighted by Crippen LogP contribution is 2.28. The Labute approximate surface area is 146 Å². The van der Waals surface area contributed by atoms with Gasteiger partial charge >= 0.3 is 0 Å². The zero-order valence-electron chi connectivity index (χ0n) is 14.3. The van der Waals surface area contributed by atoms with Crippen LogP contribution in [0.1, 0.15) is 25.8 Å². The molecule has 0 spiro atoms. The normalized spacial score (nSPS) is 21.9. The lowest BCUT2D eigenvalue weighted by molar-refractivity contribution is 0.0898. The number of halogens is 1. The van der Waals surface area contributed by atoms with Crippen LogP contribution in [-0.2, 0) is 16.6 Å². The Hall–Kier alpha value is -0.660. The minimum atomic E-state index is -3.38. The van der Waals surface area contributed by atoms with Gasteiger partial charge in [-0.15, -0.1) is 12.4 Å². The number of hydrogen-bond acceptors (Lipinski definition) is 4. The van der Waals surface area contributed by atoms with Crippen LogP contribution < -0.4 is 5.73 Å². The van der Waals surface area contributed by atoms with E-state index in [0.29, 0.717) is 4.90 Å². The SMILES string of the molecule is CN(C)S(=O)(=O)c1cccc(CN2CCC(N)C(C)(C)C2)c1.Cl. The summed E-state index contributed by atoms with van der Waals surface area (Å²) in [6.07, 6.45) is 0.975. The molecule has 2 N–H and O–H groups in total. The molecule has 1 fully saturated rings. The van der Waals surface area contributed by atoms with Crippen molar-refractivity contribution in [3.05, 3.63) is 29.8 Å². The third kappa shape index (κ3) is 4.67. The Kier molecular flexibility index (Phi) is 6.64. The zero-order chi connectivity index (χ0) is 16.5. The molecule has 0 aromatic heterocycles. The number of benzene rings is 1. The monoisotopic (exact) mass is 361 g/mol. The minimum absolute atomic E-state index is 0. The number of hydrogen-bond donors (Lipinski definition) is 1. The molecule has 1 unspecified atom stereocenters. The Morgan fingerprint density at radius 2 is 2.00 bits per heavy atom. The van der Waals surface area contributed by atoms with Crippen LogP contribution in [0, 0.1) is 5.41 Å². The van der Waals surface area contributed by atoms with Gasteiger partial charge in [-0.25, -0.2) is 12.7 Å². The summed E-state index contributed by atoms with van der Waals surface area (Å²) in [5.41, 5.74) is 7.28. The highest BCUT2D eigenvalue weighted by molar-refractivity contribution is 7.89. The molecule has 1 saturated heterocycles. The van der Waals surface area contributed by atoms with E-state index in [0.717, 1.165) is 31.6 Å². The summed E-state index contributed by atoms with van der Waals surface area (Å²) in [4.78, 5) is 2.70. The highest BCUT2D eigenvalue weighted by Gasteiger charge is 2.33. The van der Waals surface area contributed by atoms with Crippen molar-refractivity contribution >= 4 is 22.4 Å². The first kappa shape index (κ1) is 20.4. The summed E-state index contributed by atoms with van der Waals surface area (Å²) in [6, 6.07) is 7.44. The fourth-order valence-electron chi connectivity index (χ4n) is 2.89. The van der Waals surface area contributed by atoms with Crippen molar-refractivity contribution < 1.29 is 8.42 Å². The Morgan fingerprint density at radius 3 is 2.57 bits per heavy atom. The van der Waals surface area contributed by atoms with Crippen molar-refractivity contribution in [3.63, 3.8) is 0 Å². The topological polar surface area (TPSA) is 66.6 Å². The van der Waals surface area contributed by atoms with Crippen molar-refractivity contribution in [3.8, 4) is 0 Å². The maximum atomic E-state index is 12.2. The van der Waals surface area contributed by atoms with Gasteiger partial charge in [0.2, 0.25) is 10.0 Å². The summed E-state index contributed by atoms with van der Waals surface area (Å²) in [6.45, 7) is 7.02. The van der Waals surface area contributed by atoms with Crippen molar-refractivity contribution in [2.75, 3.05) is 27.2 Å². The van der Waals surface area contributed by atoms with E-state index >= 15 is 0 Å². The molecule has 0 amide bonds. The molecule has 1 aromatic rings. The predicted octanol–water partition coefficient (Wildman–Crippen LogP) is 1.92. The molecule has 1 aliphatic heterocycles. The molecule has 1 atom stereocenters. The summed E-state index contributed by atoms with van der Waals surface area (Å²) in [7, 11) is -0.273. The Morgan fingerprint density at radius 1 is 1.35 bits per heavy atom. The number of rotatable bonds is 4. The zero-order valence-corrected chi connectivity index (χ0v) is 16.0. The molecular formula is C16H28ClN3O2S. The molecule has 0 radical (unpaired) electrons. The number of nitrogens with two attached hydrogens (primary N) is 1. The lowest BCUT2D eigenvalue weighted by Gasteiger charge is -2.42. The van der Waals surface area contributed by atoms with Crippen LogP contribution in [0.5, 0.6) is 0 Å². The smallest absolute Gasteiger partial charge is 0.242 e. The van der Waals surface area contributed by atoms with E-state index in [2.05, 4.69) is 18.7 Å². The molecular weight excluding hydrogens is 334 g/mol. The standard InChI is InChI=1S/C16H27N3O2S.ClH/c1-16(2)12-19(9-8-15(16)17)11-13-6-5-7-14(10-13)22(20,21)18(3)4;/h5-7,10,15H,8-9,11-12,17H2,1-4H3;1H. The molecule has 0 bridgehead atoms. The molecule has 1 heterocycles. The first-order valence-corrected chi connectivity index (χ1v) is 9.06. The van der Waals surface area contributed by atoms with E-state index in [-0.39, 0.29) is 23.9 Å². The molecule has 7 heteroatoms. The Balaban J connectivity index is 0.00000264. The molecule has 1 aliphatic rings. The fourth-order valence-corrected chi connectivity index (χ4v) is 3.87. The molecule has 0 saturated carbocycles. The van der Waals surface area contributed by atoms with E-state index in [1.807, 2.05) is 12.1 Å². The van der Waals surface area contributed by atoms with E-state index in [4.69, 9.17) is 5.73 Å². The van der Waals surface area contributed by atoms with Crippen molar-refractivity contribution in [2.24, 2.45) is 11.1 Å². The van der Waals surface area contributed by atoms with Gasteiger partial charge in [0.05, 0.1) is 4.90 Å². The average Bonchev–Trinajstić information content (AvgIpc) is 2.43. The van der Waals surface area contributed by atoms with Gasteiger partial charge in [0, 0.05) is 39.8 Å². The quantitative estimate of drug-likeness (QED) is 0.889. The van der Waals surface area contributed by atoms with Gasteiger partial charge in [0.1, 0.15) is 0 Å². The van der Waals surface area contributed by atoms with Gasteiger partial charge in [-0.2, -0.15) is 0 Å². The molecule has 0 aliphatic carbocycles. The van der Waals surface area contributed by atoms with Gasteiger partial charge in [0.15, 0.2) is 0 Å². The predicted molar refractivity (Wildman–Crippen MR) is 96.2 cm³/mol. The number of sulfonamides is 1. The van der Waals surface area contributed by atoms with Gasteiger partial charge in [-0.05, 0) is 29.5 Å². The average molecular weight is 362 g/mol. The van der Waals surface area contributed by atoms with Crippen LogP contribution in [0.3, 0.4) is 0 Å². The second kappa shape index (κ2) is 7.49. The van der Waals surface area contributed by atoms with E-state index in [1.165, 1.54) is 4.31 Å². The maximum absolute atomic E-state index is 12.2.